The fourth-order valence-corrected chi connectivity index (χ4v) is 2.43. The third kappa shape index (κ3) is 3.82. The molecule has 4 nitrogen and oxygen atoms in total. The smallest absolute Gasteiger partial charge is 0.0948 e. The fraction of sp³-hybridized carbons (Fsp3) is 0.786. The Morgan fingerprint density at radius 3 is 3.11 bits per heavy atom. The van der Waals surface area contributed by atoms with Gasteiger partial charge in [-0.05, 0) is 32.2 Å². The Morgan fingerprint density at radius 2 is 2.33 bits per heavy atom. The van der Waals surface area contributed by atoms with Crippen molar-refractivity contribution in [3.05, 3.63) is 18.2 Å². The maximum atomic E-state index is 5.59. The number of hydrogen-bond donors (Lipinski definition) is 1. The van der Waals surface area contributed by atoms with E-state index in [0.717, 1.165) is 32.7 Å². The van der Waals surface area contributed by atoms with Gasteiger partial charge in [-0.1, -0.05) is 13.3 Å². The third-order valence-electron chi connectivity index (χ3n) is 3.49. The number of ether oxygens (including phenoxy) is 1. The summed E-state index contributed by atoms with van der Waals surface area (Å²) in [5.41, 5.74) is 1.33. The molecule has 0 aromatic carbocycles. The molecule has 1 N–H and O–H groups in total. The van der Waals surface area contributed by atoms with Crippen LogP contribution in [-0.2, 0) is 11.3 Å². The van der Waals surface area contributed by atoms with Gasteiger partial charge in [0.15, 0.2) is 0 Å². The normalized spacial score (nSPS) is 19.5. The zero-order valence-corrected chi connectivity index (χ0v) is 11.4. The summed E-state index contributed by atoms with van der Waals surface area (Å²) in [5.74, 6) is 0. The number of rotatable bonds is 8. The lowest BCUT2D eigenvalue weighted by molar-refractivity contribution is 0.125. The van der Waals surface area contributed by atoms with E-state index in [9.17, 15) is 0 Å². The molecule has 0 saturated carbocycles. The molecule has 1 aliphatic rings. The van der Waals surface area contributed by atoms with Crippen LogP contribution in [0, 0.1) is 0 Å². The standard InChI is InChI=1S/C14H25N3O/c1-2-3-9-18-10-5-8-17-12-15-11-14(17)13-6-4-7-16-13/h11-13,16H,2-10H2,1H3. The van der Waals surface area contributed by atoms with Crippen molar-refractivity contribution in [1.82, 2.24) is 14.9 Å². The fourth-order valence-electron chi connectivity index (χ4n) is 2.43. The van der Waals surface area contributed by atoms with Crippen LogP contribution in [0.3, 0.4) is 0 Å². The van der Waals surface area contributed by atoms with Gasteiger partial charge < -0.3 is 14.6 Å². The molecule has 1 aliphatic heterocycles. The molecule has 0 amide bonds. The van der Waals surface area contributed by atoms with Crippen molar-refractivity contribution in [3.8, 4) is 0 Å². The van der Waals surface area contributed by atoms with E-state index in [-0.39, 0.29) is 0 Å². The molecule has 0 radical (unpaired) electrons. The highest BCUT2D eigenvalue weighted by molar-refractivity contribution is 5.07. The number of imidazole rings is 1. The summed E-state index contributed by atoms with van der Waals surface area (Å²) in [5, 5.41) is 3.53. The van der Waals surface area contributed by atoms with Crippen molar-refractivity contribution in [3.63, 3.8) is 0 Å². The van der Waals surface area contributed by atoms with Crippen LogP contribution in [-0.4, -0.2) is 29.3 Å². The van der Waals surface area contributed by atoms with E-state index in [0.29, 0.717) is 6.04 Å². The lowest BCUT2D eigenvalue weighted by atomic mass is 10.2. The number of unbranched alkanes of at least 4 members (excludes halogenated alkanes) is 1. The molecule has 0 aliphatic carbocycles. The first kappa shape index (κ1) is 13.6. The minimum atomic E-state index is 0.508. The van der Waals surface area contributed by atoms with E-state index in [2.05, 4.69) is 21.8 Å². The van der Waals surface area contributed by atoms with Crippen LogP contribution in [0.4, 0.5) is 0 Å². The molecular formula is C14H25N3O. The molecular weight excluding hydrogens is 226 g/mol. The van der Waals surface area contributed by atoms with Crippen molar-refractivity contribution >= 4 is 0 Å². The first-order valence-corrected chi connectivity index (χ1v) is 7.23. The van der Waals surface area contributed by atoms with Gasteiger partial charge in [0.05, 0.1) is 12.0 Å². The summed E-state index contributed by atoms with van der Waals surface area (Å²) < 4.78 is 7.86. The van der Waals surface area contributed by atoms with E-state index in [1.165, 1.54) is 31.4 Å². The molecule has 0 spiro atoms. The third-order valence-corrected chi connectivity index (χ3v) is 3.49. The van der Waals surface area contributed by atoms with Crippen LogP contribution in [0.5, 0.6) is 0 Å². The number of hydrogen-bond acceptors (Lipinski definition) is 3. The van der Waals surface area contributed by atoms with Crippen molar-refractivity contribution in [1.29, 1.82) is 0 Å². The molecule has 4 heteroatoms. The van der Waals surface area contributed by atoms with E-state index in [4.69, 9.17) is 4.74 Å². The van der Waals surface area contributed by atoms with E-state index >= 15 is 0 Å². The molecule has 1 fully saturated rings. The Labute approximate surface area is 110 Å². The highest BCUT2D eigenvalue weighted by atomic mass is 16.5. The molecule has 18 heavy (non-hydrogen) atoms. The highest BCUT2D eigenvalue weighted by Crippen LogP contribution is 2.22. The Bertz CT molecular complexity index is 332. The first-order chi connectivity index (χ1) is 8.92. The number of nitrogens with zero attached hydrogens (tertiary/aromatic N) is 2. The van der Waals surface area contributed by atoms with Gasteiger partial charge in [0, 0.05) is 32.0 Å². The van der Waals surface area contributed by atoms with Gasteiger partial charge in [0.2, 0.25) is 0 Å². The first-order valence-electron chi connectivity index (χ1n) is 7.23. The zero-order valence-electron chi connectivity index (χ0n) is 11.4. The SMILES string of the molecule is CCCCOCCCn1cncc1C1CCCN1. The van der Waals surface area contributed by atoms with Crippen LogP contribution >= 0.6 is 0 Å². The molecule has 1 atom stereocenters. The van der Waals surface area contributed by atoms with Crippen LogP contribution in [0.15, 0.2) is 12.5 Å². The van der Waals surface area contributed by atoms with Gasteiger partial charge >= 0.3 is 0 Å². The predicted octanol–water partition coefficient (Wildman–Crippen LogP) is 2.51. The largest absolute Gasteiger partial charge is 0.381 e. The summed E-state index contributed by atoms with van der Waals surface area (Å²) in [6.07, 6.45) is 9.90. The summed E-state index contributed by atoms with van der Waals surface area (Å²) in [6, 6.07) is 0.508. The van der Waals surface area contributed by atoms with E-state index < -0.39 is 0 Å². The topological polar surface area (TPSA) is 39.1 Å². The van der Waals surface area contributed by atoms with Crippen LogP contribution in [0.2, 0.25) is 0 Å². The molecule has 102 valence electrons. The van der Waals surface area contributed by atoms with Gasteiger partial charge in [-0.3, -0.25) is 0 Å². The average molecular weight is 251 g/mol. The zero-order chi connectivity index (χ0) is 12.6. The number of nitrogens with one attached hydrogen (secondary N) is 1. The van der Waals surface area contributed by atoms with E-state index in [1.807, 2.05) is 12.5 Å². The Hall–Kier alpha value is -0.870. The molecule has 2 rings (SSSR count). The number of aromatic nitrogens is 2. The second-order valence-electron chi connectivity index (χ2n) is 4.98. The lowest BCUT2D eigenvalue weighted by Crippen LogP contribution is -2.17. The summed E-state index contributed by atoms with van der Waals surface area (Å²) in [7, 11) is 0. The Balaban J connectivity index is 1.70. The second-order valence-corrected chi connectivity index (χ2v) is 4.98. The monoisotopic (exact) mass is 251 g/mol. The van der Waals surface area contributed by atoms with Gasteiger partial charge in [-0.25, -0.2) is 4.98 Å². The average Bonchev–Trinajstić information content (AvgIpc) is 3.03. The summed E-state index contributed by atoms with van der Waals surface area (Å²) in [4.78, 5) is 4.28. The number of aryl methyl sites for hydroxylation is 1. The summed E-state index contributed by atoms with van der Waals surface area (Å²) in [6.45, 7) is 6.10. The highest BCUT2D eigenvalue weighted by Gasteiger charge is 2.19. The minimum Gasteiger partial charge on any atom is -0.381 e. The molecule has 1 saturated heterocycles. The van der Waals surface area contributed by atoms with Crippen molar-refractivity contribution in [2.45, 2.75) is 51.6 Å². The van der Waals surface area contributed by atoms with Gasteiger partial charge in [0.1, 0.15) is 0 Å². The van der Waals surface area contributed by atoms with Gasteiger partial charge in [-0.2, -0.15) is 0 Å². The Morgan fingerprint density at radius 1 is 1.44 bits per heavy atom. The maximum absolute atomic E-state index is 5.59. The van der Waals surface area contributed by atoms with Crippen molar-refractivity contribution in [2.24, 2.45) is 0 Å². The minimum absolute atomic E-state index is 0.508. The van der Waals surface area contributed by atoms with Crippen LogP contribution in [0.25, 0.3) is 0 Å². The van der Waals surface area contributed by atoms with Crippen LogP contribution < -0.4 is 5.32 Å². The molecule has 1 unspecified atom stereocenters. The lowest BCUT2D eigenvalue weighted by Gasteiger charge is -2.13. The molecule has 0 bridgehead atoms. The second kappa shape index (κ2) is 7.54. The summed E-state index contributed by atoms with van der Waals surface area (Å²) >= 11 is 0. The van der Waals surface area contributed by atoms with Gasteiger partial charge in [0.25, 0.3) is 0 Å². The Kier molecular flexibility index (Phi) is 5.68. The van der Waals surface area contributed by atoms with Crippen molar-refractivity contribution in [2.75, 3.05) is 19.8 Å². The molecule has 1 aromatic rings. The van der Waals surface area contributed by atoms with Crippen molar-refractivity contribution < 1.29 is 4.74 Å². The van der Waals surface area contributed by atoms with Crippen LogP contribution in [0.1, 0.15) is 50.8 Å². The van der Waals surface area contributed by atoms with E-state index in [1.54, 1.807) is 0 Å². The quantitative estimate of drug-likeness (QED) is 0.722. The molecule has 2 heterocycles. The van der Waals surface area contributed by atoms with Gasteiger partial charge in [-0.15, -0.1) is 0 Å². The maximum Gasteiger partial charge on any atom is 0.0948 e. The predicted molar refractivity (Wildman–Crippen MR) is 72.5 cm³/mol. The molecule has 1 aromatic heterocycles.